The molecule has 0 radical (unpaired) electrons. The van der Waals surface area contributed by atoms with Gasteiger partial charge in [-0.05, 0) is 19.3 Å². The predicted octanol–water partition coefficient (Wildman–Crippen LogP) is 2.50. The molecule has 0 bridgehead atoms. The lowest BCUT2D eigenvalue weighted by Gasteiger charge is -2.26. The second kappa shape index (κ2) is 4.84. The van der Waals surface area contributed by atoms with Gasteiger partial charge >= 0.3 is 0 Å². The van der Waals surface area contributed by atoms with Crippen LogP contribution in [0.5, 0.6) is 0 Å². The molecule has 2 atom stereocenters. The maximum atomic E-state index is 4.45. The van der Waals surface area contributed by atoms with Gasteiger partial charge in [0.15, 0.2) is 11.5 Å². The summed E-state index contributed by atoms with van der Waals surface area (Å²) in [6, 6.07) is 0.556. The summed E-state index contributed by atoms with van der Waals surface area (Å²) < 4.78 is 0. The number of hydrogen-bond acceptors (Lipinski definition) is 4. The molecule has 0 aromatic carbocycles. The second-order valence-corrected chi connectivity index (χ2v) is 6.37. The lowest BCUT2D eigenvalue weighted by atomic mass is 10.1. The van der Waals surface area contributed by atoms with E-state index in [1.165, 1.54) is 12.8 Å². The number of halogens is 1. The van der Waals surface area contributed by atoms with Gasteiger partial charge in [-0.15, -0.1) is 0 Å². The summed E-state index contributed by atoms with van der Waals surface area (Å²) in [4.78, 5) is 18.9. The van der Waals surface area contributed by atoms with E-state index >= 15 is 0 Å². The molecule has 0 aliphatic carbocycles. The molecule has 3 heterocycles. The van der Waals surface area contributed by atoms with E-state index in [-0.39, 0.29) is 0 Å². The Morgan fingerprint density at radius 2 is 2.39 bits per heavy atom. The molecular formula is C12H16BrN5. The summed E-state index contributed by atoms with van der Waals surface area (Å²) in [5.74, 6) is 0.994. The summed E-state index contributed by atoms with van der Waals surface area (Å²) in [6.07, 6.45) is 6.88. The van der Waals surface area contributed by atoms with Gasteiger partial charge < -0.3 is 9.88 Å². The number of nitrogens with zero attached hydrogens (tertiary/aromatic N) is 4. The van der Waals surface area contributed by atoms with Crippen molar-refractivity contribution < 1.29 is 0 Å². The van der Waals surface area contributed by atoms with Crippen LogP contribution in [0, 0.1) is 0 Å². The highest BCUT2D eigenvalue weighted by atomic mass is 79.9. The van der Waals surface area contributed by atoms with Crippen LogP contribution >= 0.6 is 15.9 Å². The monoisotopic (exact) mass is 309 g/mol. The minimum atomic E-state index is 0.530. The maximum absolute atomic E-state index is 4.45. The van der Waals surface area contributed by atoms with Crippen molar-refractivity contribution in [1.29, 1.82) is 0 Å². The second-order valence-electron chi connectivity index (χ2n) is 4.80. The summed E-state index contributed by atoms with van der Waals surface area (Å²) in [5, 5.41) is 0. The molecule has 2 unspecified atom stereocenters. The van der Waals surface area contributed by atoms with Gasteiger partial charge in [0.2, 0.25) is 0 Å². The quantitative estimate of drug-likeness (QED) is 0.885. The fraction of sp³-hybridized carbons (Fsp3) is 0.583. The van der Waals surface area contributed by atoms with Crippen molar-refractivity contribution in [3.8, 4) is 0 Å². The number of aromatic amines is 1. The highest BCUT2D eigenvalue weighted by molar-refractivity contribution is 9.09. The minimum Gasteiger partial charge on any atom is -0.352 e. The zero-order valence-corrected chi connectivity index (χ0v) is 11.9. The SMILES string of the molecule is CC(Br)CC1CCCN1c1ncnc2nc[nH]c12. The van der Waals surface area contributed by atoms with E-state index < -0.39 is 0 Å². The van der Waals surface area contributed by atoms with E-state index in [0.717, 1.165) is 29.9 Å². The summed E-state index contributed by atoms with van der Waals surface area (Å²) in [6.45, 7) is 3.26. The molecule has 0 spiro atoms. The first-order valence-corrected chi connectivity index (χ1v) is 7.22. The standard InChI is InChI=1S/C12H16BrN5/c1-8(13)5-9-3-2-4-18(9)12-10-11(15-6-14-10)16-7-17-12/h6-9H,2-5H2,1H3,(H,14,15,16,17). The Morgan fingerprint density at radius 3 is 3.22 bits per heavy atom. The Kier molecular flexibility index (Phi) is 3.20. The van der Waals surface area contributed by atoms with Gasteiger partial charge in [0.25, 0.3) is 0 Å². The Balaban J connectivity index is 1.95. The molecule has 1 aliphatic heterocycles. The molecule has 1 aliphatic rings. The molecule has 3 rings (SSSR count). The molecule has 6 heteroatoms. The van der Waals surface area contributed by atoms with Gasteiger partial charge in [-0.2, -0.15) is 0 Å². The minimum absolute atomic E-state index is 0.530. The zero-order valence-electron chi connectivity index (χ0n) is 10.3. The van der Waals surface area contributed by atoms with Crippen molar-refractivity contribution >= 4 is 32.9 Å². The molecule has 5 nitrogen and oxygen atoms in total. The molecule has 0 saturated carbocycles. The van der Waals surface area contributed by atoms with Crippen molar-refractivity contribution in [3.63, 3.8) is 0 Å². The molecule has 0 amide bonds. The van der Waals surface area contributed by atoms with Crippen molar-refractivity contribution in [2.45, 2.75) is 37.1 Å². The van der Waals surface area contributed by atoms with E-state index in [1.807, 2.05) is 0 Å². The third kappa shape index (κ3) is 2.09. The van der Waals surface area contributed by atoms with Gasteiger partial charge in [0.05, 0.1) is 6.33 Å². The van der Waals surface area contributed by atoms with Crippen molar-refractivity contribution in [2.24, 2.45) is 0 Å². The molecular weight excluding hydrogens is 294 g/mol. The number of alkyl halides is 1. The van der Waals surface area contributed by atoms with Crippen LogP contribution in [0.3, 0.4) is 0 Å². The Morgan fingerprint density at radius 1 is 1.50 bits per heavy atom. The smallest absolute Gasteiger partial charge is 0.182 e. The van der Waals surface area contributed by atoms with E-state index in [0.29, 0.717) is 10.9 Å². The van der Waals surface area contributed by atoms with Crippen LogP contribution in [0.4, 0.5) is 5.82 Å². The van der Waals surface area contributed by atoms with Gasteiger partial charge in [-0.1, -0.05) is 22.9 Å². The lowest BCUT2D eigenvalue weighted by molar-refractivity contribution is 0.609. The van der Waals surface area contributed by atoms with E-state index in [9.17, 15) is 0 Å². The van der Waals surface area contributed by atoms with Gasteiger partial charge in [-0.25, -0.2) is 15.0 Å². The fourth-order valence-electron chi connectivity index (χ4n) is 2.70. The number of fused-ring (bicyclic) bond motifs is 1. The first-order chi connectivity index (χ1) is 8.75. The average molecular weight is 310 g/mol. The van der Waals surface area contributed by atoms with Gasteiger partial charge in [-0.3, -0.25) is 0 Å². The number of imidazole rings is 1. The largest absolute Gasteiger partial charge is 0.352 e. The van der Waals surface area contributed by atoms with Crippen molar-refractivity contribution in [1.82, 2.24) is 19.9 Å². The number of H-pyrrole nitrogens is 1. The molecule has 1 saturated heterocycles. The summed E-state index contributed by atoms with van der Waals surface area (Å²) in [5.41, 5.74) is 1.70. The maximum Gasteiger partial charge on any atom is 0.182 e. The van der Waals surface area contributed by atoms with Crippen LogP contribution in [0.1, 0.15) is 26.2 Å². The number of hydrogen-bond donors (Lipinski definition) is 1. The predicted molar refractivity (Wildman–Crippen MR) is 75.1 cm³/mol. The first kappa shape index (κ1) is 11.9. The zero-order chi connectivity index (χ0) is 12.5. The Labute approximate surface area is 114 Å². The molecule has 1 N–H and O–H groups in total. The van der Waals surface area contributed by atoms with E-state index in [4.69, 9.17) is 0 Å². The van der Waals surface area contributed by atoms with Crippen LogP contribution in [-0.4, -0.2) is 37.3 Å². The van der Waals surface area contributed by atoms with Crippen molar-refractivity contribution in [2.75, 3.05) is 11.4 Å². The number of anilines is 1. The highest BCUT2D eigenvalue weighted by Crippen LogP contribution is 2.30. The third-order valence-electron chi connectivity index (χ3n) is 3.45. The van der Waals surface area contributed by atoms with Gasteiger partial charge in [0.1, 0.15) is 11.8 Å². The Bertz CT molecular complexity index is 538. The average Bonchev–Trinajstić information content (AvgIpc) is 2.95. The first-order valence-electron chi connectivity index (χ1n) is 6.30. The van der Waals surface area contributed by atoms with E-state index in [2.05, 4.69) is 47.7 Å². The molecule has 96 valence electrons. The molecule has 2 aromatic heterocycles. The number of rotatable bonds is 3. The van der Waals surface area contributed by atoms with E-state index in [1.54, 1.807) is 12.7 Å². The normalized spacial score (nSPS) is 21.7. The summed E-state index contributed by atoms with van der Waals surface area (Å²) >= 11 is 3.65. The van der Waals surface area contributed by atoms with Crippen molar-refractivity contribution in [3.05, 3.63) is 12.7 Å². The number of nitrogens with one attached hydrogen (secondary N) is 1. The fourth-order valence-corrected chi connectivity index (χ4v) is 3.14. The molecule has 18 heavy (non-hydrogen) atoms. The van der Waals surface area contributed by atoms with Crippen LogP contribution < -0.4 is 4.90 Å². The van der Waals surface area contributed by atoms with Gasteiger partial charge in [0, 0.05) is 17.4 Å². The molecule has 1 fully saturated rings. The summed E-state index contributed by atoms with van der Waals surface area (Å²) in [7, 11) is 0. The van der Waals surface area contributed by atoms with Crippen LogP contribution in [0.25, 0.3) is 11.2 Å². The Hall–Kier alpha value is -1.17. The molecule has 2 aromatic rings. The highest BCUT2D eigenvalue weighted by Gasteiger charge is 2.28. The number of aromatic nitrogens is 4. The lowest BCUT2D eigenvalue weighted by Crippen LogP contribution is -2.31. The topological polar surface area (TPSA) is 57.7 Å². The van der Waals surface area contributed by atoms with Crippen LogP contribution in [0.2, 0.25) is 0 Å². The third-order valence-corrected chi connectivity index (χ3v) is 3.82. The van der Waals surface area contributed by atoms with Crippen LogP contribution in [-0.2, 0) is 0 Å². The van der Waals surface area contributed by atoms with Crippen LogP contribution in [0.15, 0.2) is 12.7 Å².